The number of hydrazine groups is 1. The number of quaternary nitrogens is 2. The number of hydrogen-bond acceptors (Lipinski definition) is 5. The molecule has 8 heavy (non-hydrogen) atoms. The van der Waals surface area contributed by atoms with Gasteiger partial charge in [-0.3, -0.25) is 0 Å². The van der Waals surface area contributed by atoms with Gasteiger partial charge in [-0.1, -0.05) is 0 Å². The Labute approximate surface area is 45.6 Å². The molecule has 0 aliphatic rings. The third-order valence-electron chi connectivity index (χ3n) is 0.497. The van der Waals surface area contributed by atoms with Crippen LogP contribution in [0.2, 0.25) is 0 Å². The van der Waals surface area contributed by atoms with E-state index in [-0.39, 0.29) is 0 Å². The van der Waals surface area contributed by atoms with E-state index < -0.39 is 10.5 Å². The van der Waals surface area contributed by atoms with Crippen molar-refractivity contribution in [2.45, 2.75) is 0 Å². The first-order chi connectivity index (χ1) is 3.55. The maximum absolute atomic E-state index is 9.94. The van der Waals surface area contributed by atoms with Crippen molar-refractivity contribution in [1.82, 2.24) is 5.23 Å². The van der Waals surface area contributed by atoms with E-state index in [0.717, 1.165) is 0 Å². The van der Waals surface area contributed by atoms with Crippen molar-refractivity contribution in [3.05, 3.63) is 11.0 Å². The summed E-state index contributed by atoms with van der Waals surface area (Å²) in [5.41, 5.74) is 0. The second-order valence-electron chi connectivity index (χ2n) is 1.09. The van der Waals surface area contributed by atoms with Crippen LogP contribution in [0, 0.1) is 5.21 Å². The molecular formula is H9N7O. The van der Waals surface area contributed by atoms with Crippen molar-refractivity contribution in [1.29, 1.82) is 0 Å². The van der Waals surface area contributed by atoms with Crippen LogP contribution in [-0.4, -0.2) is 5.23 Å². The van der Waals surface area contributed by atoms with Crippen LogP contribution < -0.4 is 28.0 Å². The van der Waals surface area contributed by atoms with Crippen molar-refractivity contribution < 1.29 is 10.5 Å². The highest BCUT2D eigenvalue weighted by molar-refractivity contribution is 3.90. The highest BCUT2D eigenvalue weighted by Crippen LogP contribution is 1.24. The predicted molar refractivity (Wildman–Crippen MR) is 24.0 cm³/mol. The molecule has 0 aromatic carbocycles. The molecule has 50 valence electrons. The van der Waals surface area contributed by atoms with Crippen molar-refractivity contribution in [2.24, 2.45) is 17.5 Å². The van der Waals surface area contributed by atoms with E-state index in [1.54, 1.807) is 0 Å². The molecule has 8 heteroatoms. The number of nitrogens with two attached hydrogens (primary N) is 3. The summed E-state index contributed by atoms with van der Waals surface area (Å²) in [5, 5.41) is 8.76. The quantitative estimate of drug-likeness (QED) is 0.185. The minimum atomic E-state index is -0.947. The Morgan fingerprint density at radius 3 is 1.88 bits per heavy atom. The van der Waals surface area contributed by atoms with Gasteiger partial charge < -0.3 is 11.0 Å². The lowest BCUT2D eigenvalue weighted by Crippen LogP contribution is -3.40. The molecule has 0 fully saturated rings. The average molecular weight is 123 g/mol. The molecule has 2 unspecified atom stereocenters. The summed E-state index contributed by atoms with van der Waals surface area (Å²) in [7, 11) is 0. The van der Waals surface area contributed by atoms with E-state index in [4.69, 9.17) is 17.5 Å². The molecule has 9 N–H and O–H groups in total. The zero-order valence-electron chi connectivity index (χ0n) is 4.09. The topological polar surface area (TPSA) is 137 Å². The van der Waals surface area contributed by atoms with E-state index in [1.807, 2.05) is 0 Å². The second-order valence-corrected chi connectivity index (χ2v) is 1.09. The molecule has 0 heterocycles. The van der Waals surface area contributed by atoms with Crippen LogP contribution in [0.25, 0.3) is 5.84 Å². The molecule has 0 saturated heterocycles. The largest absolute Gasteiger partial charge is 0.588 e. The molecule has 0 aliphatic heterocycles. The molecule has 0 aromatic heterocycles. The SMILES string of the molecule is [NH-][NH+](N)N(N)[NH+](N)[O-]. The molecule has 0 radical (unpaired) electrons. The number of nitrogens with zero attached hydrogens (tertiary/aromatic N) is 1. The normalized spacial score (nSPS) is 18.8. The molecular weight excluding hydrogens is 114 g/mol. The molecule has 8 nitrogen and oxygen atoms in total. The first kappa shape index (κ1) is 7.68. The minimum Gasteiger partial charge on any atom is -0.588 e. The summed E-state index contributed by atoms with van der Waals surface area (Å²) in [5.74, 6) is 20.6. The molecule has 0 rings (SSSR count). The van der Waals surface area contributed by atoms with Gasteiger partial charge in [-0.15, -0.1) is 0 Å². The Morgan fingerprint density at radius 1 is 1.50 bits per heavy atom. The van der Waals surface area contributed by atoms with E-state index in [9.17, 15) is 5.21 Å². The molecule has 0 amide bonds. The summed E-state index contributed by atoms with van der Waals surface area (Å²) in [6.45, 7) is 0. The molecule has 0 spiro atoms. The summed E-state index contributed by atoms with van der Waals surface area (Å²) in [4.78, 5) is 0. The number of nitrogens with one attached hydrogen (secondary N) is 3. The van der Waals surface area contributed by atoms with Crippen LogP contribution in [0.5, 0.6) is 0 Å². The van der Waals surface area contributed by atoms with Crippen LogP contribution in [0.15, 0.2) is 0 Å². The first-order valence-electron chi connectivity index (χ1n) is 1.74. The lowest BCUT2D eigenvalue weighted by Gasteiger charge is -2.27. The van der Waals surface area contributed by atoms with Crippen molar-refractivity contribution >= 4 is 0 Å². The van der Waals surface area contributed by atoms with Gasteiger partial charge in [-0.25, -0.2) is 0 Å². The van der Waals surface area contributed by atoms with Gasteiger partial charge in [0.2, 0.25) is 0 Å². The maximum Gasteiger partial charge on any atom is 0.104 e. The number of rotatable bonds is 2. The van der Waals surface area contributed by atoms with Crippen LogP contribution in [-0.2, 0) is 0 Å². The third-order valence-corrected chi connectivity index (χ3v) is 0.497. The first-order valence-corrected chi connectivity index (χ1v) is 1.74. The average Bonchev–Trinajstić information content (AvgIpc) is 1.64. The Morgan fingerprint density at radius 2 is 1.88 bits per heavy atom. The van der Waals surface area contributed by atoms with Gasteiger partial charge >= 0.3 is 0 Å². The Bertz CT molecular complexity index is 49.4. The van der Waals surface area contributed by atoms with Gasteiger partial charge in [0.1, 0.15) is 5.23 Å². The predicted octanol–water partition coefficient (Wildman–Crippen LogP) is -5.03. The zero-order chi connectivity index (χ0) is 6.73. The van der Waals surface area contributed by atoms with Gasteiger partial charge in [0.05, 0.1) is 0 Å². The fourth-order valence-electron chi connectivity index (χ4n) is 0.119. The molecule has 0 bridgehead atoms. The van der Waals surface area contributed by atoms with Crippen LogP contribution >= 0.6 is 0 Å². The van der Waals surface area contributed by atoms with Gasteiger partial charge in [0.25, 0.3) is 0 Å². The van der Waals surface area contributed by atoms with E-state index in [2.05, 4.69) is 5.84 Å². The Kier molecular flexibility index (Phi) is 2.75. The fourth-order valence-corrected chi connectivity index (χ4v) is 0.119. The van der Waals surface area contributed by atoms with Crippen molar-refractivity contribution in [3.8, 4) is 0 Å². The molecule has 0 aromatic rings. The van der Waals surface area contributed by atoms with Crippen molar-refractivity contribution in [3.63, 3.8) is 0 Å². The highest BCUT2D eigenvalue weighted by Gasteiger charge is 2.04. The summed E-state index contributed by atoms with van der Waals surface area (Å²) >= 11 is 0. The second kappa shape index (κ2) is 2.86. The summed E-state index contributed by atoms with van der Waals surface area (Å²) in [6.07, 6.45) is 0. The Hall–Kier alpha value is -0.320. The minimum absolute atomic E-state index is 0.333. The van der Waals surface area contributed by atoms with Gasteiger partial charge in [-0.05, 0) is 0 Å². The van der Waals surface area contributed by atoms with Crippen LogP contribution in [0.4, 0.5) is 0 Å². The summed E-state index contributed by atoms with van der Waals surface area (Å²) in [6, 6.07) is 0. The highest BCUT2D eigenvalue weighted by atomic mass is 16.6. The standard InChI is InChI=1S/H9N7O/c1-5(2)6(3)7(4)8/h1,5,7H,2-4H2. The van der Waals surface area contributed by atoms with Gasteiger partial charge in [0.15, 0.2) is 0 Å². The van der Waals surface area contributed by atoms with E-state index in [0.29, 0.717) is 5.23 Å². The maximum atomic E-state index is 9.94. The van der Waals surface area contributed by atoms with Crippen molar-refractivity contribution in [2.75, 3.05) is 0 Å². The molecule has 0 saturated carbocycles. The lowest BCUT2D eigenvalue weighted by molar-refractivity contribution is -1.22. The van der Waals surface area contributed by atoms with Gasteiger partial charge in [0, 0.05) is 0 Å². The fraction of sp³-hybridized carbons (Fsp3) is 0. The number of hydrogen-bond donors (Lipinski definition) is 5. The molecule has 2 atom stereocenters. The third kappa shape index (κ3) is 2.11. The summed E-state index contributed by atoms with van der Waals surface area (Å²) < 4.78 is 0. The smallest absolute Gasteiger partial charge is 0.104 e. The zero-order valence-corrected chi connectivity index (χ0v) is 4.09. The van der Waals surface area contributed by atoms with Crippen LogP contribution in [0.1, 0.15) is 0 Å². The Balaban J connectivity index is 3.46. The van der Waals surface area contributed by atoms with Gasteiger partial charge in [-0.2, -0.15) is 28.0 Å². The van der Waals surface area contributed by atoms with Crippen LogP contribution in [0.3, 0.4) is 0 Å². The van der Waals surface area contributed by atoms with E-state index in [1.165, 1.54) is 0 Å². The van der Waals surface area contributed by atoms with E-state index >= 15 is 0 Å². The lowest BCUT2D eigenvalue weighted by atomic mass is 11.9. The monoisotopic (exact) mass is 123 g/mol. The molecule has 0 aliphatic carbocycles.